The third kappa shape index (κ3) is 4.09. The zero-order valence-electron chi connectivity index (χ0n) is 16.9. The predicted octanol–water partition coefficient (Wildman–Crippen LogP) is 5.41. The Morgan fingerprint density at radius 1 is 1.27 bits per heavy atom. The zero-order valence-corrected chi connectivity index (χ0v) is 18.5. The Kier molecular flexibility index (Phi) is 5.84. The molecule has 0 bridgehead atoms. The summed E-state index contributed by atoms with van der Waals surface area (Å²) in [6, 6.07) is 9.79. The van der Waals surface area contributed by atoms with Crippen LogP contribution in [-0.4, -0.2) is 32.2 Å². The van der Waals surface area contributed by atoms with Crippen molar-refractivity contribution in [1.82, 2.24) is 4.90 Å². The Morgan fingerprint density at radius 2 is 2.07 bits per heavy atom. The summed E-state index contributed by atoms with van der Waals surface area (Å²) in [6.45, 7) is 4.10. The molecule has 30 heavy (non-hydrogen) atoms. The molecule has 1 aliphatic heterocycles. The number of furan rings is 1. The van der Waals surface area contributed by atoms with Crippen molar-refractivity contribution < 1.29 is 19.1 Å². The number of carbonyl (C=O) groups excluding carboxylic acids is 1. The molecule has 1 aromatic heterocycles. The minimum Gasteiger partial charge on any atom is -0.481 e. The van der Waals surface area contributed by atoms with Crippen molar-refractivity contribution >= 4 is 46.3 Å². The average Bonchev–Trinajstić information content (AvgIpc) is 3.26. The maximum absolute atomic E-state index is 13.0. The van der Waals surface area contributed by atoms with Gasteiger partial charge in [-0.2, -0.15) is 0 Å². The van der Waals surface area contributed by atoms with Crippen LogP contribution in [0.5, 0.6) is 0 Å². The second-order valence-corrected chi connectivity index (χ2v) is 9.60. The van der Waals surface area contributed by atoms with Crippen molar-refractivity contribution in [2.24, 2.45) is 5.92 Å². The van der Waals surface area contributed by atoms with Gasteiger partial charge in [0.2, 0.25) is 0 Å². The van der Waals surface area contributed by atoms with Gasteiger partial charge in [-0.25, -0.2) is 0 Å². The van der Waals surface area contributed by atoms with Gasteiger partial charge < -0.3 is 9.52 Å². The smallest absolute Gasteiger partial charge is 0.306 e. The van der Waals surface area contributed by atoms with Crippen LogP contribution in [0.15, 0.2) is 39.7 Å². The second kappa shape index (κ2) is 8.40. The van der Waals surface area contributed by atoms with E-state index < -0.39 is 11.9 Å². The maximum atomic E-state index is 13.0. The largest absolute Gasteiger partial charge is 0.481 e. The molecule has 1 aromatic carbocycles. The minimum atomic E-state index is -0.796. The molecule has 2 fully saturated rings. The van der Waals surface area contributed by atoms with Crippen molar-refractivity contribution in [2.75, 3.05) is 0 Å². The molecule has 1 saturated heterocycles. The van der Waals surface area contributed by atoms with Gasteiger partial charge in [0, 0.05) is 17.7 Å². The molecule has 1 amide bonds. The first-order chi connectivity index (χ1) is 14.3. The first-order valence-corrected chi connectivity index (χ1v) is 11.2. The number of rotatable bonds is 4. The third-order valence-electron chi connectivity index (χ3n) is 5.73. The molecular weight excluding hydrogens is 418 g/mol. The summed E-state index contributed by atoms with van der Waals surface area (Å²) in [7, 11) is 0. The number of thioether (sulfide) groups is 1. The number of aryl methyl sites for hydroxylation is 2. The topological polar surface area (TPSA) is 70.8 Å². The number of nitrogens with zero attached hydrogens (tertiary/aromatic N) is 1. The molecule has 1 aliphatic carbocycles. The van der Waals surface area contributed by atoms with E-state index in [9.17, 15) is 14.7 Å². The van der Waals surface area contributed by atoms with Crippen molar-refractivity contribution in [3.05, 3.63) is 52.1 Å². The highest BCUT2D eigenvalue weighted by Gasteiger charge is 2.40. The van der Waals surface area contributed by atoms with E-state index in [0.717, 1.165) is 29.7 Å². The molecule has 2 atom stereocenters. The van der Waals surface area contributed by atoms with Gasteiger partial charge in [0.25, 0.3) is 5.91 Å². The number of carbonyl (C=O) groups is 2. The molecular formula is C23H23NO4S2. The summed E-state index contributed by atoms with van der Waals surface area (Å²) in [5.41, 5.74) is 3.35. The van der Waals surface area contributed by atoms with Crippen LogP contribution in [0.3, 0.4) is 0 Å². The van der Waals surface area contributed by atoms with Crippen molar-refractivity contribution in [3.8, 4) is 11.3 Å². The monoisotopic (exact) mass is 441 g/mol. The summed E-state index contributed by atoms with van der Waals surface area (Å²) in [5.74, 6) is -0.0215. The summed E-state index contributed by atoms with van der Waals surface area (Å²) in [4.78, 5) is 26.5. The fourth-order valence-corrected chi connectivity index (χ4v) is 5.59. The zero-order chi connectivity index (χ0) is 21.4. The quantitative estimate of drug-likeness (QED) is 0.505. The number of carboxylic acid groups (broad SMARTS) is 1. The molecule has 0 spiro atoms. The molecule has 2 aromatic rings. The van der Waals surface area contributed by atoms with Crippen LogP contribution >= 0.6 is 24.0 Å². The Bertz CT molecular complexity index is 1060. The number of aliphatic carboxylic acids is 1. The summed E-state index contributed by atoms with van der Waals surface area (Å²) < 4.78 is 6.47. The number of hydrogen-bond donors (Lipinski definition) is 1. The third-order valence-corrected chi connectivity index (χ3v) is 7.06. The summed E-state index contributed by atoms with van der Waals surface area (Å²) >= 11 is 6.71. The molecule has 4 rings (SSSR count). The van der Waals surface area contributed by atoms with Crippen LogP contribution in [0.1, 0.15) is 42.6 Å². The summed E-state index contributed by atoms with van der Waals surface area (Å²) in [5, 5.41) is 9.34. The highest BCUT2D eigenvalue weighted by Crippen LogP contribution is 2.39. The van der Waals surface area contributed by atoms with Gasteiger partial charge >= 0.3 is 5.97 Å². The lowest BCUT2D eigenvalue weighted by Crippen LogP contribution is -2.42. The van der Waals surface area contributed by atoms with Crippen LogP contribution in [-0.2, 0) is 9.59 Å². The van der Waals surface area contributed by atoms with Gasteiger partial charge in [0.1, 0.15) is 15.8 Å². The average molecular weight is 442 g/mol. The summed E-state index contributed by atoms with van der Waals surface area (Å²) in [6.07, 6.45) is 4.40. The highest BCUT2D eigenvalue weighted by atomic mass is 32.2. The van der Waals surface area contributed by atoms with Gasteiger partial charge in [-0.15, -0.1) is 0 Å². The Labute approximate surface area is 185 Å². The number of thiocarbonyl (C=S) groups is 1. The van der Waals surface area contributed by atoms with E-state index in [2.05, 4.69) is 13.0 Å². The molecule has 2 aliphatic rings. The van der Waals surface area contributed by atoms with Crippen LogP contribution in [0.2, 0.25) is 0 Å². The predicted molar refractivity (Wildman–Crippen MR) is 122 cm³/mol. The van der Waals surface area contributed by atoms with Crippen LogP contribution in [0, 0.1) is 19.8 Å². The molecule has 1 N–H and O–H groups in total. The fourth-order valence-electron chi connectivity index (χ4n) is 4.21. The van der Waals surface area contributed by atoms with Crippen molar-refractivity contribution in [3.63, 3.8) is 0 Å². The molecule has 2 unspecified atom stereocenters. The van der Waals surface area contributed by atoms with E-state index in [1.807, 2.05) is 31.2 Å². The standard InChI is InChI=1S/C23H23NO4S2/c1-13-6-8-18(14(2)10-13)19-9-7-17(28-19)12-20-21(25)24(23(29)30-20)16-5-3-4-15(11-16)22(26)27/h6-10,12,15-16H,3-5,11H2,1-2H3,(H,26,27)/b20-12+. The van der Waals surface area contributed by atoms with E-state index in [0.29, 0.717) is 27.8 Å². The lowest BCUT2D eigenvalue weighted by molar-refractivity contribution is -0.144. The number of carboxylic acids is 1. The van der Waals surface area contributed by atoms with Crippen molar-refractivity contribution in [1.29, 1.82) is 0 Å². The van der Waals surface area contributed by atoms with E-state index in [1.54, 1.807) is 11.0 Å². The Hall–Kier alpha value is -2.38. The lowest BCUT2D eigenvalue weighted by atomic mass is 9.85. The Balaban J connectivity index is 1.54. The number of benzene rings is 1. The first kappa shape index (κ1) is 20.9. The SMILES string of the molecule is Cc1ccc(-c2ccc(/C=C3/SC(=S)N(C4CCCC(C(=O)O)C4)C3=O)o2)c(C)c1. The molecule has 1 saturated carbocycles. The van der Waals surface area contributed by atoms with Crippen LogP contribution in [0.25, 0.3) is 17.4 Å². The highest BCUT2D eigenvalue weighted by molar-refractivity contribution is 8.26. The van der Waals surface area contributed by atoms with E-state index in [4.69, 9.17) is 16.6 Å². The first-order valence-electron chi connectivity index (χ1n) is 10.0. The van der Waals surface area contributed by atoms with E-state index in [1.165, 1.54) is 17.3 Å². The molecule has 156 valence electrons. The van der Waals surface area contributed by atoms with Gasteiger partial charge in [0.15, 0.2) is 0 Å². The van der Waals surface area contributed by atoms with Gasteiger partial charge in [0.05, 0.1) is 10.8 Å². The molecule has 5 nitrogen and oxygen atoms in total. The van der Waals surface area contributed by atoms with Gasteiger partial charge in [-0.1, -0.05) is 54.2 Å². The number of hydrogen-bond acceptors (Lipinski definition) is 5. The molecule has 2 heterocycles. The molecule has 0 radical (unpaired) electrons. The van der Waals surface area contributed by atoms with E-state index >= 15 is 0 Å². The molecule has 7 heteroatoms. The van der Waals surface area contributed by atoms with Gasteiger partial charge in [-0.05, 0) is 50.8 Å². The normalized spacial score (nSPS) is 23.4. The fraction of sp³-hybridized carbons (Fsp3) is 0.348. The van der Waals surface area contributed by atoms with Gasteiger partial charge in [-0.3, -0.25) is 14.5 Å². The Morgan fingerprint density at radius 3 is 2.80 bits per heavy atom. The lowest BCUT2D eigenvalue weighted by Gasteiger charge is -2.32. The van der Waals surface area contributed by atoms with Crippen LogP contribution in [0.4, 0.5) is 0 Å². The maximum Gasteiger partial charge on any atom is 0.306 e. The van der Waals surface area contributed by atoms with Crippen molar-refractivity contribution in [2.45, 2.75) is 45.6 Å². The number of amides is 1. The van der Waals surface area contributed by atoms with Crippen LogP contribution < -0.4 is 0 Å². The second-order valence-electron chi connectivity index (χ2n) is 7.93. The minimum absolute atomic E-state index is 0.152. The van der Waals surface area contributed by atoms with E-state index in [-0.39, 0.29) is 11.9 Å².